The molecule has 0 aliphatic carbocycles. The third-order valence-corrected chi connectivity index (χ3v) is 3.52. The Morgan fingerprint density at radius 1 is 1.20 bits per heavy atom. The minimum atomic E-state index is -0.396. The fourth-order valence-corrected chi connectivity index (χ4v) is 2.36. The quantitative estimate of drug-likeness (QED) is 0.421. The van der Waals surface area contributed by atoms with Gasteiger partial charge in [0.05, 0.1) is 0 Å². The standard InChI is InChI=1S/C22H27NO2/c1-5-9-16-20(13-6-2)21(8-4)23(17-7-3)22(24)25-18-19-14-11-10-12-15-19/h5-15H,2-3,16-18H2,1,4H3/b9-5-,20-13-,21-8+. The van der Waals surface area contributed by atoms with E-state index in [-0.39, 0.29) is 6.61 Å². The van der Waals surface area contributed by atoms with Crippen LogP contribution in [0.3, 0.4) is 0 Å². The zero-order valence-corrected chi connectivity index (χ0v) is 15.2. The summed E-state index contributed by atoms with van der Waals surface area (Å²) in [5.41, 5.74) is 2.75. The van der Waals surface area contributed by atoms with E-state index in [1.807, 2.05) is 68.5 Å². The lowest BCUT2D eigenvalue weighted by Gasteiger charge is -2.25. The van der Waals surface area contributed by atoms with Gasteiger partial charge >= 0.3 is 6.09 Å². The molecule has 0 aliphatic rings. The van der Waals surface area contributed by atoms with E-state index >= 15 is 0 Å². The summed E-state index contributed by atoms with van der Waals surface area (Å²) in [6, 6.07) is 9.63. The first kappa shape index (κ1) is 20.2. The molecule has 1 rings (SSSR count). The molecule has 0 saturated heterocycles. The number of ether oxygens (including phenoxy) is 1. The SMILES string of the molecule is C=C/C=C(C/C=C\C)\C(=C/C)N(CC=C)C(=O)OCc1ccccc1. The molecule has 0 N–H and O–H groups in total. The minimum absolute atomic E-state index is 0.236. The van der Waals surface area contributed by atoms with Crippen molar-refractivity contribution in [1.82, 2.24) is 4.90 Å². The van der Waals surface area contributed by atoms with Crippen LogP contribution in [0.4, 0.5) is 4.79 Å². The largest absolute Gasteiger partial charge is 0.444 e. The molecule has 0 saturated carbocycles. The molecule has 3 nitrogen and oxygen atoms in total. The zero-order chi connectivity index (χ0) is 18.5. The fourth-order valence-electron chi connectivity index (χ4n) is 2.36. The van der Waals surface area contributed by atoms with Gasteiger partial charge in [-0.1, -0.05) is 73.4 Å². The zero-order valence-electron chi connectivity index (χ0n) is 15.2. The second kappa shape index (κ2) is 11.7. The van der Waals surface area contributed by atoms with E-state index in [1.165, 1.54) is 0 Å². The second-order valence-corrected chi connectivity index (χ2v) is 5.31. The summed E-state index contributed by atoms with van der Waals surface area (Å²) in [6.07, 6.45) is 11.6. The summed E-state index contributed by atoms with van der Waals surface area (Å²) in [5, 5.41) is 0. The van der Waals surface area contributed by atoms with Crippen molar-refractivity contribution < 1.29 is 9.53 Å². The first-order valence-electron chi connectivity index (χ1n) is 8.36. The normalized spacial score (nSPS) is 12.1. The summed E-state index contributed by atoms with van der Waals surface area (Å²) < 4.78 is 5.49. The first-order valence-corrected chi connectivity index (χ1v) is 8.36. The van der Waals surface area contributed by atoms with Gasteiger partial charge in [-0.25, -0.2) is 4.79 Å². The number of rotatable bonds is 9. The van der Waals surface area contributed by atoms with Crippen molar-refractivity contribution in [3.8, 4) is 0 Å². The van der Waals surface area contributed by atoms with Crippen LogP contribution in [0.2, 0.25) is 0 Å². The van der Waals surface area contributed by atoms with Crippen molar-refractivity contribution in [2.75, 3.05) is 6.54 Å². The highest BCUT2D eigenvalue weighted by Crippen LogP contribution is 2.21. The van der Waals surface area contributed by atoms with Gasteiger partial charge in [0.1, 0.15) is 6.61 Å². The number of carbonyl (C=O) groups is 1. The lowest BCUT2D eigenvalue weighted by Crippen LogP contribution is -2.32. The maximum atomic E-state index is 12.6. The molecule has 0 aliphatic heterocycles. The average molecular weight is 337 g/mol. The Morgan fingerprint density at radius 3 is 2.48 bits per heavy atom. The average Bonchev–Trinajstić information content (AvgIpc) is 2.64. The van der Waals surface area contributed by atoms with Crippen LogP contribution in [0.15, 0.2) is 91.2 Å². The van der Waals surface area contributed by atoms with Crippen LogP contribution in [0.5, 0.6) is 0 Å². The van der Waals surface area contributed by atoms with Gasteiger partial charge in [-0.2, -0.15) is 0 Å². The predicted octanol–water partition coefficient (Wildman–Crippen LogP) is 5.79. The molecule has 0 fully saturated rings. The number of benzene rings is 1. The van der Waals surface area contributed by atoms with Gasteiger partial charge in [0.15, 0.2) is 0 Å². The van der Waals surface area contributed by atoms with E-state index in [0.29, 0.717) is 13.0 Å². The number of nitrogens with zero attached hydrogens (tertiary/aromatic N) is 1. The van der Waals surface area contributed by atoms with Crippen LogP contribution >= 0.6 is 0 Å². The van der Waals surface area contributed by atoms with Crippen molar-refractivity contribution in [3.05, 3.63) is 96.8 Å². The Balaban J connectivity index is 2.96. The number of amides is 1. The van der Waals surface area contributed by atoms with Crippen LogP contribution in [-0.4, -0.2) is 17.5 Å². The molecule has 132 valence electrons. The van der Waals surface area contributed by atoms with Crippen molar-refractivity contribution >= 4 is 6.09 Å². The lowest BCUT2D eigenvalue weighted by molar-refractivity contribution is 0.110. The molecule has 0 radical (unpaired) electrons. The van der Waals surface area contributed by atoms with Gasteiger partial charge in [-0.15, -0.1) is 6.58 Å². The van der Waals surface area contributed by atoms with Gasteiger partial charge in [-0.05, 0) is 31.4 Å². The summed E-state index contributed by atoms with van der Waals surface area (Å²) in [7, 11) is 0. The summed E-state index contributed by atoms with van der Waals surface area (Å²) in [4.78, 5) is 14.2. The smallest absolute Gasteiger partial charge is 0.414 e. The Kier molecular flexibility index (Phi) is 9.46. The molecule has 25 heavy (non-hydrogen) atoms. The summed E-state index contributed by atoms with van der Waals surface area (Å²) in [6.45, 7) is 12.0. The summed E-state index contributed by atoms with van der Waals surface area (Å²) in [5.74, 6) is 0. The molecule has 1 aromatic carbocycles. The molecule has 0 atom stereocenters. The highest BCUT2D eigenvalue weighted by atomic mass is 16.6. The second-order valence-electron chi connectivity index (χ2n) is 5.31. The molecule has 0 aromatic heterocycles. The molecule has 0 unspecified atom stereocenters. The predicted molar refractivity (Wildman–Crippen MR) is 105 cm³/mol. The Labute approximate surface area is 151 Å². The molecule has 1 amide bonds. The summed E-state index contributed by atoms with van der Waals surface area (Å²) >= 11 is 0. The molecular formula is C22H27NO2. The fraction of sp³-hybridized carbons (Fsp3) is 0.227. The van der Waals surface area contributed by atoms with Gasteiger partial charge in [0, 0.05) is 12.2 Å². The van der Waals surface area contributed by atoms with Crippen molar-refractivity contribution in [2.24, 2.45) is 0 Å². The van der Waals surface area contributed by atoms with E-state index in [9.17, 15) is 4.79 Å². The molecule has 3 heteroatoms. The van der Waals surface area contributed by atoms with E-state index in [1.54, 1.807) is 17.1 Å². The number of allylic oxidation sites excluding steroid dienone is 6. The van der Waals surface area contributed by atoms with Gasteiger partial charge in [0.25, 0.3) is 0 Å². The van der Waals surface area contributed by atoms with Crippen LogP contribution in [-0.2, 0) is 11.3 Å². The van der Waals surface area contributed by atoms with Crippen LogP contribution < -0.4 is 0 Å². The Bertz CT molecular complexity index is 654. The number of carbonyl (C=O) groups excluding carboxylic acids is 1. The van der Waals surface area contributed by atoms with Gasteiger partial charge in [-0.3, -0.25) is 4.90 Å². The maximum absolute atomic E-state index is 12.6. The Hall–Kier alpha value is -2.81. The van der Waals surface area contributed by atoms with E-state index < -0.39 is 6.09 Å². The van der Waals surface area contributed by atoms with Crippen LogP contribution in [0.1, 0.15) is 25.8 Å². The van der Waals surface area contributed by atoms with Crippen molar-refractivity contribution in [3.63, 3.8) is 0 Å². The monoisotopic (exact) mass is 337 g/mol. The Morgan fingerprint density at radius 2 is 1.92 bits per heavy atom. The van der Waals surface area contributed by atoms with E-state index in [0.717, 1.165) is 16.8 Å². The molecule has 0 heterocycles. The van der Waals surface area contributed by atoms with Crippen molar-refractivity contribution in [2.45, 2.75) is 26.9 Å². The minimum Gasteiger partial charge on any atom is -0.444 e. The highest BCUT2D eigenvalue weighted by molar-refractivity contribution is 5.71. The molecule has 1 aromatic rings. The molecule has 0 spiro atoms. The van der Waals surface area contributed by atoms with Crippen LogP contribution in [0.25, 0.3) is 0 Å². The third-order valence-electron chi connectivity index (χ3n) is 3.52. The van der Waals surface area contributed by atoms with Gasteiger partial charge in [0.2, 0.25) is 0 Å². The number of hydrogen-bond donors (Lipinski definition) is 0. The van der Waals surface area contributed by atoms with E-state index in [2.05, 4.69) is 13.2 Å². The van der Waals surface area contributed by atoms with E-state index in [4.69, 9.17) is 4.74 Å². The number of hydrogen-bond acceptors (Lipinski definition) is 2. The van der Waals surface area contributed by atoms with Crippen molar-refractivity contribution in [1.29, 1.82) is 0 Å². The lowest BCUT2D eigenvalue weighted by atomic mass is 10.1. The topological polar surface area (TPSA) is 29.5 Å². The van der Waals surface area contributed by atoms with Crippen LogP contribution in [0, 0.1) is 0 Å². The third kappa shape index (κ3) is 6.68. The molecular weight excluding hydrogens is 310 g/mol. The highest BCUT2D eigenvalue weighted by Gasteiger charge is 2.20. The molecule has 0 bridgehead atoms. The van der Waals surface area contributed by atoms with Gasteiger partial charge < -0.3 is 4.74 Å². The first-order chi connectivity index (χ1) is 12.2. The maximum Gasteiger partial charge on any atom is 0.414 e.